The Balaban J connectivity index is 1.62. The number of aromatic nitrogens is 3. The minimum Gasteiger partial charge on any atom is -0.508 e. The molecule has 7 nitrogen and oxygen atoms in total. The van der Waals surface area contributed by atoms with Gasteiger partial charge in [-0.15, -0.1) is 0 Å². The van der Waals surface area contributed by atoms with Crippen LogP contribution < -0.4 is 10.9 Å². The van der Waals surface area contributed by atoms with Crippen LogP contribution in [0.2, 0.25) is 0 Å². The molecule has 154 valence electrons. The molecular formula is C21H26N4O3S. The summed E-state index contributed by atoms with van der Waals surface area (Å²) in [6.07, 6.45) is 3.66. The van der Waals surface area contributed by atoms with Gasteiger partial charge in [0.05, 0.1) is 17.1 Å². The molecule has 3 rings (SSSR count). The van der Waals surface area contributed by atoms with E-state index in [1.54, 1.807) is 29.3 Å². The molecule has 2 heterocycles. The number of nitrogens with zero attached hydrogens (tertiary/aromatic N) is 2. The number of nitrogens with one attached hydrogen (secondary N) is 2. The minimum atomic E-state index is -0.261. The van der Waals surface area contributed by atoms with Gasteiger partial charge in [-0.1, -0.05) is 12.1 Å². The van der Waals surface area contributed by atoms with Gasteiger partial charge >= 0.3 is 0 Å². The standard InChI is InChI=1S/C21H26N4O3S/c1-14-12-15(26)13-20(28)25(14)10-5-8-19(27)22-18(9-11-29-2)21-23-16-6-3-4-7-17(16)24-21/h3-4,6-7,12-13,18,26H,5,8-11H2,1-2H3,(H,22,27)(H,23,24). The molecule has 3 N–H and O–H groups in total. The number of fused-ring (bicyclic) bond motifs is 1. The molecule has 0 bridgehead atoms. The number of benzene rings is 1. The number of amides is 1. The van der Waals surface area contributed by atoms with Gasteiger partial charge in [-0.05, 0) is 50.0 Å². The number of aryl methyl sites for hydroxylation is 1. The molecule has 0 aliphatic rings. The highest BCUT2D eigenvalue weighted by Gasteiger charge is 2.18. The average Bonchev–Trinajstić information content (AvgIpc) is 3.11. The zero-order valence-electron chi connectivity index (χ0n) is 16.6. The van der Waals surface area contributed by atoms with Crippen LogP contribution in [0.3, 0.4) is 0 Å². The maximum Gasteiger partial charge on any atom is 0.254 e. The second-order valence-electron chi connectivity index (χ2n) is 6.99. The first-order valence-corrected chi connectivity index (χ1v) is 11.0. The number of thioether (sulfide) groups is 1. The van der Waals surface area contributed by atoms with Crippen LogP contribution in [0.5, 0.6) is 5.75 Å². The Hall–Kier alpha value is -2.74. The van der Waals surface area contributed by atoms with Crippen molar-refractivity contribution in [1.82, 2.24) is 19.9 Å². The lowest BCUT2D eigenvalue weighted by Gasteiger charge is -2.16. The van der Waals surface area contributed by atoms with Crippen LogP contribution in [-0.4, -0.2) is 37.6 Å². The smallest absolute Gasteiger partial charge is 0.254 e. The molecule has 0 aliphatic carbocycles. The first kappa shape index (κ1) is 21.0. The number of hydrogen-bond acceptors (Lipinski definition) is 5. The van der Waals surface area contributed by atoms with Crippen LogP contribution in [0.25, 0.3) is 11.0 Å². The minimum absolute atomic E-state index is 0.0380. The molecule has 1 atom stereocenters. The van der Waals surface area contributed by atoms with E-state index >= 15 is 0 Å². The van der Waals surface area contributed by atoms with Gasteiger partial charge in [0.25, 0.3) is 5.56 Å². The van der Waals surface area contributed by atoms with E-state index in [2.05, 4.69) is 15.3 Å². The Morgan fingerprint density at radius 2 is 2.14 bits per heavy atom. The van der Waals surface area contributed by atoms with E-state index in [1.807, 2.05) is 30.5 Å². The summed E-state index contributed by atoms with van der Waals surface area (Å²) in [7, 11) is 0. The fourth-order valence-electron chi connectivity index (χ4n) is 3.31. The number of aromatic amines is 1. The number of pyridine rings is 1. The summed E-state index contributed by atoms with van der Waals surface area (Å²) in [5.41, 5.74) is 2.25. The highest BCUT2D eigenvalue weighted by molar-refractivity contribution is 7.98. The van der Waals surface area contributed by atoms with Crippen molar-refractivity contribution < 1.29 is 9.90 Å². The van der Waals surface area contributed by atoms with Crippen molar-refractivity contribution in [2.45, 2.75) is 38.8 Å². The lowest BCUT2D eigenvalue weighted by molar-refractivity contribution is -0.122. The summed E-state index contributed by atoms with van der Waals surface area (Å²) in [6.45, 7) is 2.19. The largest absolute Gasteiger partial charge is 0.508 e. The zero-order valence-corrected chi connectivity index (χ0v) is 17.5. The van der Waals surface area contributed by atoms with Gasteiger partial charge in [-0.2, -0.15) is 11.8 Å². The molecule has 1 aromatic carbocycles. The third-order valence-electron chi connectivity index (χ3n) is 4.79. The number of carbonyl (C=O) groups is 1. The maximum atomic E-state index is 12.5. The van der Waals surface area contributed by atoms with Crippen LogP contribution in [0.15, 0.2) is 41.2 Å². The molecule has 0 saturated carbocycles. The predicted molar refractivity (Wildman–Crippen MR) is 116 cm³/mol. The molecule has 0 radical (unpaired) electrons. The number of aromatic hydroxyl groups is 1. The maximum absolute atomic E-state index is 12.5. The van der Waals surface area contributed by atoms with Crippen LogP contribution in [0, 0.1) is 6.92 Å². The number of rotatable bonds is 9. The molecule has 2 aromatic heterocycles. The fraction of sp³-hybridized carbons (Fsp3) is 0.381. The monoisotopic (exact) mass is 414 g/mol. The Morgan fingerprint density at radius 1 is 1.34 bits per heavy atom. The SMILES string of the molecule is CSCCC(NC(=O)CCCn1c(C)cc(O)cc1=O)c1nc2ccccc2[nH]1. The van der Waals surface area contributed by atoms with Crippen LogP contribution in [0.1, 0.15) is 36.8 Å². The number of H-pyrrole nitrogens is 1. The van der Waals surface area contributed by atoms with E-state index in [1.165, 1.54) is 6.07 Å². The van der Waals surface area contributed by atoms with Gasteiger partial charge in [0.15, 0.2) is 0 Å². The third kappa shape index (κ3) is 5.41. The average molecular weight is 415 g/mol. The Kier molecular flexibility index (Phi) is 6.98. The van der Waals surface area contributed by atoms with Crippen molar-refractivity contribution in [2.75, 3.05) is 12.0 Å². The summed E-state index contributed by atoms with van der Waals surface area (Å²) in [6, 6.07) is 10.4. The van der Waals surface area contributed by atoms with Gasteiger partial charge in [0, 0.05) is 24.7 Å². The highest BCUT2D eigenvalue weighted by Crippen LogP contribution is 2.20. The van der Waals surface area contributed by atoms with Crippen LogP contribution >= 0.6 is 11.8 Å². The van der Waals surface area contributed by atoms with E-state index in [0.717, 1.165) is 29.0 Å². The van der Waals surface area contributed by atoms with E-state index in [0.29, 0.717) is 25.1 Å². The van der Waals surface area contributed by atoms with Crippen molar-refractivity contribution >= 4 is 28.7 Å². The molecule has 1 unspecified atom stereocenters. The normalized spacial score (nSPS) is 12.2. The first-order chi connectivity index (χ1) is 14.0. The van der Waals surface area contributed by atoms with Crippen molar-refractivity contribution in [2.24, 2.45) is 0 Å². The zero-order chi connectivity index (χ0) is 20.8. The van der Waals surface area contributed by atoms with E-state index in [-0.39, 0.29) is 23.3 Å². The van der Waals surface area contributed by atoms with Gasteiger partial charge in [0.2, 0.25) is 5.91 Å². The van der Waals surface area contributed by atoms with Gasteiger partial charge in [-0.25, -0.2) is 4.98 Å². The van der Waals surface area contributed by atoms with Crippen molar-refractivity contribution in [1.29, 1.82) is 0 Å². The number of carbonyl (C=O) groups excluding carboxylic acids is 1. The number of hydrogen-bond donors (Lipinski definition) is 3. The van der Waals surface area contributed by atoms with E-state index in [4.69, 9.17) is 0 Å². The van der Waals surface area contributed by atoms with Crippen LogP contribution in [0.4, 0.5) is 0 Å². The first-order valence-electron chi connectivity index (χ1n) is 9.61. The molecule has 3 aromatic rings. The highest BCUT2D eigenvalue weighted by atomic mass is 32.2. The Labute approximate surface area is 173 Å². The van der Waals surface area contributed by atoms with Crippen molar-refractivity contribution in [3.05, 3.63) is 58.3 Å². The molecule has 29 heavy (non-hydrogen) atoms. The lowest BCUT2D eigenvalue weighted by atomic mass is 10.2. The second kappa shape index (κ2) is 9.65. The van der Waals surface area contributed by atoms with Gasteiger partial charge < -0.3 is 20.0 Å². The summed E-state index contributed by atoms with van der Waals surface area (Å²) in [5, 5.41) is 12.6. The molecule has 0 aliphatic heterocycles. The Morgan fingerprint density at radius 3 is 2.86 bits per heavy atom. The van der Waals surface area contributed by atoms with Crippen molar-refractivity contribution in [3.63, 3.8) is 0 Å². The predicted octanol–water partition coefficient (Wildman–Crippen LogP) is 3.13. The Bertz CT molecular complexity index is 1010. The van der Waals surface area contributed by atoms with Crippen LogP contribution in [-0.2, 0) is 11.3 Å². The topological polar surface area (TPSA) is 100 Å². The second-order valence-corrected chi connectivity index (χ2v) is 7.97. The third-order valence-corrected chi connectivity index (χ3v) is 5.43. The summed E-state index contributed by atoms with van der Waals surface area (Å²) in [5.74, 6) is 1.56. The molecule has 0 fully saturated rings. The summed E-state index contributed by atoms with van der Waals surface area (Å²) in [4.78, 5) is 32.5. The molecule has 0 spiro atoms. The fourth-order valence-corrected chi connectivity index (χ4v) is 3.78. The number of imidazole rings is 1. The number of para-hydroxylation sites is 2. The van der Waals surface area contributed by atoms with Gasteiger partial charge in [-0.3, -0.25) is 9.59 Å². The molecule has 8 heteroatoms. The summed E-state index contributed by atoms with van der Waals surface area (Å²) >= 11 is 1.73. The molecule has 0 saturated heterocycles. The summed E-state index contributed by atoms with van der Waals surface area (Å²) < 4.78 is 1.57. The van der Waals surface area contributed by atoms with E-state index in [9.17, 15) is 14.7 Å². The quantitative estimate of drug-likeness (QED) is 0.499. The lowest BCUT2D eigenvalue weighted by Crippen LogP contribution is -2.30. The van der Waals surface area contributed by atoms with Gasteiger partial charge in [0.1, 0.15) is 11.6 Å². The van der Waals surface area contributed by atoms with E-state index < -0.39 is 0 Å². The van der Waals surface area contributed by atoms with Crippen molar-refractivity contribution in [3.8, 4) is 5.75 Å². The molecule has 1 amide bonds. The molecular weight excluding hydrogens is 388 g/mol.